The van der Waals surface area contributed by atoms with Gasteiger partial charge in [0.25, 0.3) is 11.8 Å². The fourth-order valence-electron chi connectivity index (χ4n) is 2.82. The van der Waals surface area contributed by atoms with Crippen LogP contribution >= 0.6 is 15.9 Å². The third kappa shape index (κ3) is 3.84. The van der Waals surface area contributed by atoms with Gasteiger partial charge in [-0.1, -0.05) is 18.2 Å². The highest BCUT2D eigenvalue weighted by molar-refractivity contribution is 9.10. The van der Waals surface area contributed by atoms with Gasteiger partial charge in [0.1, 0.15) is 0 Å². The fourth-order valence-corrected chi connectivity index (χ4v) is 3.45. The Balaban J connectivity index is 1.94. The lowest BCUT2D eigenvalue weighted by Gasteiger charge is -2.12. The summed E-state index contributed by atoms with van der Waals surface area (Å²) in [4.78, 5) is 25.4. The average molecular weight is 443 g/mol. The smallest absolute Gasteiger partial charge is 0.283 e. The van der Waals surface area contributed by atoms with E-state index in [2.05, 4.69) is 21.0 Å². The van der Waals surface area contributed by atoms with Crippen molar-refractivity contribution in [3.05, 3.63) is 63.6 Å². The first-order valence-corrected chi connectivity index (χ1v) is 9.47. The molecule has 1 aliphatic rings. The molecule has 0 atom stereocenters. The van der Waals surface area contributed by atoms with Crippen molar-refractivity contribution in [2.75, 3.05) is 13.7 Å². The van der Waals surface area contributed by atoms with Crippen molar-refractivity contribution < 1.29 is 19.1 Å². The first-order chi connectivity index (χ1) is 13.5. The van der Waals surface area contributed by atoms with Gasteiger partial charge in [-0.25, -0.2) is 0 Å². The molecule has 0 N–H and O–H groups in total. The van der Waals surface area contributed by atoms with E-state index in [0.29, 0.717) is 39.4 Å². The molecule has 144 valence electrons. The second-order valence-electron chi connectivity index (χ2n) is 6.00. The van der Waals surface area contributed by atoms with Crippen LogP contribution in [-0.2, 0) is 4.79 Å². The zero-order valence-corrected chi connectivity index (χ0v) is 17.3. The number of hydrazone groups is 1. The van der Waals surface area contributed by atoms with Crippen LogP contribution in [0.3, 0.4) is 0 Å². The standard InChI is InChI=1S/C21H19BrN2O4/c1-4-28-18-12-14(11-17(22)19(18)27-3)10-16-13(2)23-24(21(16)26)20(25)15-8-6-5-7-9-15/h5-12H,4H2,1-3H3/b16-10+. The Hall–Kier alpha value is -2.93. The van der Waals surface area contributed by atoms with Crippen LogP contribution in [0.2, 0.25) is 0 Å². The van der Waals surface area contributed by atoms with E-state index in [1.165, 1.54) is 0 Å². The molecule has 0 radical (unpaired) electrons. The molecule has 0 saturated heterocycles. The number of hydrogen-bond donors (Lipinski definition) is 0. The molecule has 0 spiro atoms. The Morgan fingerprint density at radius 3 is 2.61 bits per heavy atom. The zero-order valence-electron chi connectivity index (χ0n) is 15.7. The number of methoxy groups -OCH3 is 1. The minimum Gasteiger partial charge on any atom is -0.492 e. The van der Waals surface area contributed by atoms with E-state index < -0.39 is 11.8 Å². The fraction of sp³-hybridized carbons (Fsp3) is 0.190. The second kappa shape index (κ2) is 8.39. The molecular formula is C21H19BrN2O4. The quantitative estimate of drug-likeness (QED) is 0.511. The largest absolute Gasteiger partial charge is 0.492 e. The number of carbonyl (C=O) groups excluding carboxylic acids is 2. The molecule has 2 aromatic rings. The molecule has 0 unspecified atom stereocenters. The summed E-state index contributed by atoms with van der Waals surface area (Å²) in [6.07, 6.45) is 1.69. The van der Waals surface area contributed by atoms with Gasteiger partial charge in [0.05, 0.1) is 29.5 Å². The Morgan fingerprint density at radius 2 is 1.96 bits per heavy atom. The lowest BCUT2D eigenvalue weighted by Crippen LogP contribution is -2.29. The summed E-state index contributed by atoms with van der Waals surface area (Å²) < 4.78 is 11.7. The van der Waals surface area contributed by atoms with Crippen molar-refractivity contribution in [3.8, 4) is 11.5 Å². The summed E-state index contributed by atoms with van der Waals surface area (Å²) in [6.45, 7) is 4.05. The van der Waals surface area contributed by atoms with Gasteiger partial charge in [-0.2, -0.15) is 10.1 Å². The topological polar surface area (TPSA) is 68.2 Å². The summed E-state index contributed by atoms with van der Waals surface area (Å²) in [6, 6.07) is 12.2. The summed E-state index contributed by atoms with van der Waals surface area (Å²) in [5.74, 6) is 0.215. The maximum absolute atomic E-state index is 12.8. The van der Waals surface area contributed by atoms with Crippen LogP contribution in [0.4, 0.5) is 0 Å². The number of hydrogen-bond acceptors (Lipinski definition) is 5. The first kappa shape index (κ1) is 19.8. The van der Waals surface area contributed by atoms with Crippen molar-refractivity contribution >= 4 is 39.5 Å². The van der Waals surface area contributed by atoms with Crippen LogP contribution in [-0.4, -0.2) is 36.3 Å². The van der Waals surface area contributed by atoms with Crippen LogP contribution in [0.25, 0.3) is 6.08 Å². The van der Waals surface area contributed by atoms with Gasteiger partial charge < -0.3 is 9.47 Å². The van der Waals surface area contributed by atoms with Gasteiger partial charge in [0.15, 0.2) is 11.5 Å². The summed E-state index contributed by atoms with van der Waals surface area (Å²) >= 11 is 3.46. The molecule has 1 heterocycles. The van der Waals surface area contributed by atoms with Crippen LogP contribution in [0.15, 0.2) is 57.6 Å². The monoisotopic (exact) mass is 442 g/mol. The van der Waals surface area contributed by atoms with Gasteiger partial charge in [0.2, 0.25) is 0 Å². The summed E-state index contributed by atoms with van der Waals surface area (Å²) in [5.41, 5.74) is 1.95. The number of carbonyl (C=O) groups is 2. The van der Waals surface area contributed by atoms with Crippen LogP contribution in [0.1, 0.15) is 29.8 Å². The highest BCUT2D eigenvalue weighted by Gasteiger charge is 2.33. The van der Waals surface area contributed by atoms with E-state index in [-0.39, 0.29) is 0 Å². The van der Waals surface area contributed by atoms with Crippen molar-refractivity contribution in [3.63, 3.8) is 0 Å². The molecule has 0 bridgehead atoms. The van der Waals surface area contributed by atoms with E-state index >= 15 is 0 Å². The van der Waals surface area contributed by atoms with E-state index in [0.717, 1.165) is 10.6 Å². The van der Waals surface area contributed by atoms with Gasteiger partial charge in [-0.15, -0.1) is 0 Å². The number of ether oxygens (including phenoxy) is 2. The molecule has 2 aromatic carbocycles. The third-order valence-corrected chi connectivity index (χ3v) is 4.71. The molecule has 0 aromatic heterocycles. The highest BCUT2D eigenvalue weighted by Crippen LogP contribution is 2.37. The normalized spacial score (nSPS) is 15.0. The molecule has 3 rings (SSSR count). The van der Waals surface area contributed by atoms with E-state index in [4.69, 9.17) is 9.47 Å². The van der Waals surface area contributed by atoms with E-state index in [1.54, 1.807) is 56.5 Å². The number of amides is 2. The van der Waals surface area contributed by atoms with Crippen molar-refractivity contribution in [2.24, 2.45) is 5.10 Å². The Bertz CT molecular complexity index is 983. The molecule has 2 amide bonds. The van der Waals surface area contributed by atoms with Gasteiger partial charge in [0, 0.05) is 5.56 Å². The highest BCUT2D eigenvalue weighted by atomic mass is 79.9. The SMILES string of the molecule is CCOc1cc(/C=C2/C(=O)N(C(=O)c3ccccc3)N=C2C)cc(Br)c1OC. The summed E-state index contributed by atoms with van der Waals surface area (Å²) in [7, 11) is 1.56. The maximum atomic E-state index is 12.8. The number of imide groups is 1. The molecule has 0 aliphatic carbocycles. The van der Waals surface area contributed by atoms with Crippen LogP contribution in [0.5, 0.6) is 11.5 Å². The molecule has 1 aliphatic heterocycles. The van der Waals surface area contributed by atoms with Gasteiger partial charge in [-0.05, 0) is 65.7 Å². The van der Waals surface area contributed by atoms with Crippen molar-refractivity contribution in [1.82, 2.24) is 5.01 Å². The average Bonchev–Trinajstić information content (AvgIpc) is 2.96. The number of rotatable bonds is 5. The molecular weight excluding hydrogens is 424 g/mol. The number of nitrogens with zero attached hydrogens (tertiary/aromatic N) is 2. The number of halogens is 1. The third-order valence-electron chi connectivity index (χ3n) is 4.12. The zero-order chi connectivity index (χ0) is 20.3. The number of benzene rings is 2. The van der Waals surface area contributed by atoms with Gasteiger partial charge in [-0.3, -0.25) is 9.59 Å². The Labute approximate surface area is 171 Å². The van der Waals surface area contributed by atoms with Gasteiger partial charge >= 0.3 is 0 Å². The van der Waals surface area contributed by atoms with Crippen molar-refractivity contribution in [2.45, 2.75) is 13.8 Å². The minimum atomic E-state index is -0.462. The van der Waals surface area contributed by atoms with Crippen molar-refractivity contribution in [1.29, 1.82) is 0 Å². The van der Waals surface area contributed by atoms with Crippen LogP contribution in [0, 0.1) is 0 Å². The predicted octanol–water partition coefficient (Wildman–Crippen LogP) is 4.30. The molecule has 7 heteroatoms. The molecule has 0 fully saturated rings. The van der Waals surface area contributed by atoms with E-state index in [9.17, 15) is 9.59 Å². The first-order valence-electron chi connectivity index (χ1n) is 8.67. The minimum absolute atomic E-state index is 0.351. The maximum Gasteiger partial charge on any atom is 0.283 e. The molecule has 0 saturated carbocycles. The molecule has 6 nitrogen and oxygen atoms in total. The lowest BCUT2D eigenvalue weighted by atomic mass is 10.1. The summed E-state index contributed by atoms with van der Waals surface area (Å²) in [5, 5.41) is 5.05. The van der Waals surface area contributed by atoms with Crippen LogP contribution < -0.4 is 9.47 Å². The second-order valence-corrected chi connectivity index (χ2v) is 6.85. The Morgan fingerprint density at radius 1 is 1.25 bits per heavy atom. The molecule has 28 heavy (non-hydrogen) atoms. The lowest BCUT2D eigenvalue weighted by molar-refractivity contribution is -0.123. The Kier molecular flexibility index (Phi) is 5.94. The predicted molar refractivity (Wildman–Crippen MR) is 111 cm³/mol. The van der Waals surface area contributed by atoms with E-state index in [1.807, 2.05) is 13.0 Å².